The summed E-state index contributed by atoms with van der Waals surface area (Å²) < 4.78 is 2.33. The van der Waals surface area contributed by atoms with Gasteiger partial charge in [0.1, 0.15) is 0 Å². The molecule has 4 nitrogen and oxygen atoms in total. The quantitative estimate of drug-likeness (QED) is 0.943. The number of carbonyl (C=O) groups is 2. The monoisotopic (exact) mass is 309 g/mol. The van der Waals surface area contributed by atoms with E-state index in [1.807, 2.05) is 22.4 Å². The zero-order valence-corrected chi connectivity index (χ0v) is 12.5. The number of likely N-dealkylation sites (tertiary alicyclic amines) is 1. The molecule has 1 amide bonds. The molecule has 1 atom stereocenters. The molecule has 1 saturated heterocycles. The summed E-state index contributed by atoms with van der Waals surface area (Å²) in [7, 11) is 0. The molecule has 1 N–H and O–H groups in total. The predicted molar refractivity (Wildman–Crippen MR) is 80.6 cm³/mol. The number of amides is 1. The number of hydrogen-bond donors (Lipinski definition) is 1. The summed E-state index contributed by atoms with van der Waals surface area (Å²) in [5.41, 5.74) is 0. The molecule has 0 aromatic carbocycles. The van der Waals surface area contributed by atoms with Crippen LogP contribution in [0.5, 0.6) is 0 Å². The van der Waals surface area contributed by atoms with Crippen molar-refractivity contribution in [1.82, 2.24) is 4.90 Å². The van der Waals surface area contributed by atoms with Gasteiger partial charge in [0.05, 0.1) is 4.88 Å². The molecule has 106 valence electrons. The number of nitrogens with zero attached hydrogens (tertiary/aromatic N) is 1. The van der Waals surface area contributed by atoms with E-state index in [1.54, 1.807) is 22.7 Å². The number of carboxylic acids is 1. The van der Waals surface area contributed by atoms with Crippen LogP contribution in [0, 0.1) is 5.92 Å². The molecule has 20 heavy (non-hydrogen) atoms. The van der Waals surface area contributed by atoms with E-state index in [9.17, 15) is 9.59 Å². The van der Waals surface area contributed by atoms with Crippen LogP contribution in [0.2, 0.25) is 0 Å². The first kappa shape index (κ1) is 13.6. The summed E-state index contributed by atoms with van der Waals surface area (Å²) in [4.78, 5) is 25.7. The van der Waals surface area contributed by atoms with Crippen molar-refractivity contribution in [1.29, 1.82) is 0 Å². The van der Waals surface area contributed by atoms with Crippen molar-refractivity contribution in [2.24, 2.45) is 5.92 Å². The van der Waals surface area contributed by atoms with Gasteiger partial charge in [0.15, 0.2) is 0 Å². The fourth-order valence-electron chi connectivity index (χ4n) is 2.61. The van der Waals surface area contributed by atoms with Crippen molar-refractivity contribution in [3.63, 3.8) is 0 Å². The molecule has 1 aliphatic rings. The van der Waals surface area contributed by atoms with Gasteiger partial charge < -0.3 is 10.0 Å². The van der Waals surface area contributed by atoms with Crippen LogP contribution in [0.3, 0.4) is 0 Å². The number of aliphatic carboxylic acids is 1. The van der Waals surface area contributed by atoms with Gasteiger partial charge in [-0.1, -0.05) is 0 Å². The molecular weight excluding hydrogens is 294 g/mol. The van der Waals surface area contributed by atoms with Crippen LogP contribution in [0.1, 0.15) is 28.9 Å². The average molecular weight is 309 g/mol. The van der Waals surface area contributed by atoms with E-state index in [0.717, 1.165) is 17.8 Å². The van der Waals surface area contributed by atoms with Crippen LogP contribution >= 0.6 is 22.7 Å². The van der Waals surface area contributed by atoms with Gasteiger partial charge in [-0.15, -0.1) is 22.7 Å². The Morgan fingerprint density at radius 2 is 2.25 bits per heavy atom. The minimum atomic E-state index is -0.756. The maximum Gasteiger partial charge on any atom is 0.303 e. The van der Waals surface area contributed by atoms with Crippen molar-refractivity contribution < 1.29 is 14.7 Å². The Bertz CT molecular complexity index is 617. The van der Waals surface area contributed by atoms with Gasteiger partial charge in [0.2, 0.25) is 0 Å². The first-order chi connectivity index (χ1) is 9.63. The van der Waals surface area contributed by atoms with Crippen molar-refractivity contribution in [2.75, 3.05) is 13.1 Å². The topological polar surface area (TPSA) is 57.6 Å². The van der Waals surface area contributed by atoms with Crippen molar-refractivity contribution >= 4 is 43.9 Å². The molecular formula is C14H15NO3S2. The summed E-state index contributed by atoms with van der Waals surface area (Å²) in [6, 6.07) is 4.01. The minimum absolute atomic E-state index is 0.0937. The summed E-state index contributed by atoms with van der Waals surface area (Å²) in [6.45, 7) is 1.44. The molecule has 3 rings (SSSR count). The number of rotatable bonds is 4. The Morgan fingerprint density at radius 3 is 3.00 bits per heavy atom. The van der Waals surface area contributed by atoms with Crippen LogP contribution in [-0.2, 0) is 4.79 Å². The molecule has 2 aromatic rings. The van der Waals surface area contributed by atoms with Gasteiger partial charge in [-0.05, 0) is 36.3 Å². The third kappa shape index (κ3) is 2.71. The van der Waals surface area contributed by atoms with Gasteiger partial charge in [0, 0.05) is 28.9 Å². The van der Waals surface area contributed by atoms with Gasteiger partial charge in [-0.25, -0.2) is 0 Å². The van der Waals surface area contributed by atoms with Crippen molar-refractivity contribution in [3.05, 3.63) is 22.4 Å². The van der Waals surface area contributed by atoms with E-state index in [-0.39, 0.29) is 12.3 Å². The molecule has 1 fully saturated rings. The van der Waals surface area contributed by atoms with Crippen LogP contribution < -0.4 is 0 Å². The predicted octanol–water partition coefficient (Wildman–Crippen LogP) is 3.29. The lowest BCUT2D eigenvalue weighted by Gasteiger charge is -2.15. The van der Waals surface area contributed by atoms with Gasteiger partial charge in [0.25, 0.3) is 5.91 Å². The number of fused-ring (bicyclic) bond motifs is 1. The number of carbonyl (C=O) groups excluding carboxylic acids is 1. The van der Waals surface area contributed by atoms with E-state index in [1.165, 1.54) is 9.40 Å². The first-order valence-electron chi connectivity index (χ1n) is 6.61. The third-order valence-electron chi connectivity index (χ3n) is 3.69. The van der Waals surface area contributed by atoms with Gasteiger partial charge in [-0.3, -0.25) is 9.59 Å². The zero-order chi connectivity index (χ0) is 14.1. The average Bonchev–Trinajstić information content (AvgIpc) is 3.10. The van der Waals surface area contributed by atoms with E-state index >= 15 is 0 Å². The Labute approximate surface area is 124 Å². The number of thiophene rings is 2. The maximum atomic E-state index is 12.4. The van der Waals surface area contributed by atoms with Crippen LogP contribution in [0.4, 0.5) is 0 Å². The molecule has 0 saturated carbocycles. The van der Waals surface area contributed by atoms with E-state index < -0.39 is 5.97 Å². The highest BCUT2D eigenvalue weighted by atomic mass is 32.1. The second-order valence-electron chi connectivity index (χ2n) is 5.10. The van der Waals surface area contributed by atoms with E-state index in [4.69, 9.17) is 5.11 Å². The molecule has 1 unspecified atom stereocenters. The molecule has 6 heteroatoms. The summed E-state index contributed by atoms with van der Waals surface area (Å²) in [5.74, 6) is -0.333. The Kier molecular flexibility index (Phi) is 3.76. The standard InChI is InChI=1S/C14H15NO3S2/c16-13(17)2-1-9-3-5-15(8-9)14(18)12-7-11-10(20-12)4-6-19-11/h4,6-7,9H,1-3,5,8H2,(H,16,17). The van der Waals surface area contributed by atoms with Crippen LogP contribution in [0.25, 0.3) is 9.40 Å². The smallest absolute Gasteiger partial charge is 0.303 e. The second-order valence-corrected chi connectivity index (χ2v) is 7.13. The lowest BCUT2D eigenvalue weighted by Crippen LogP contribution is -2.28. The van der Waals surface area contributed by atoms with E-state index in [0.29, 0.717) is 18.9 Å². The molecule has 2 aromatic heterocycles. The van der Waals surface area contributed by atoms with Gasteiger partial charge >= 0.3 is 5.97 Å². The lowest BCUT2D eigenvalue weighted by molar-refractivity contribution is -0.137. The fraction of sp³-hybridized carbons (Fsp3) is 0.429. The van der Waals surface area contributed by atoms with Gasteiger partial charge in [-0.2, -0.15) is 0 Å². The SMILES string of the molecule is O=C(O)CCC1CCN(C(=O)c2cc3sccc3s2)C1. The normalized spacial score (nSPS) is 18.8. The molecule has 0 radical (unpaired) electrons. The number of carboxylic acid groups (broad SMARTS) is 1. The Balaban J connectivity index is 1.63. The lowest BCUT2D eigenvalue weighted by atomic mass is 10.0. The highest BCUT2D eigenvalue weighted by molar-refractivity contribution is 7.27. The molecule has 0 spiro atoms. The Morgan fingerprint density at radius 1 is 1.40 bits per heavy atom. The second kappa shape index (κ2) is 5.54. The molecule has 0 bridgehead atoms. The summed E-state index contributed by atoms with van der Waals surface area (Å²) in [5, 5.41) is 10.7. The summed E-state index contributed by atoms with van der Waals surface area (Å²) in [6.07, 6.45) is 1.78. The highest BCUT2D eigenvalue weighted by Gasteiger charge is 2.28. The molecule has 1 aliphatic heterocycles. The Hall–Kier alpha value is -1.40. The largest absolute Gasteiger partial charge is 0.481 e. The number of hydrogen-bond acceptors (Lipinski definition) is 4. The summed E-state index contributed by atoms with van der Waals surface area (Å²) >= 11 is 3.20. The minimum Gasteiger partial charge on any atom is -0.481 e. The molecule has 0 aliphatic carbocycles. The van der Waals surface area contributed by atoms with Crippen LogP contribution in [0.15, 0.2) is 17.5 Å². The highest BCUT2D eigenvalue weighted by Crippen LogP contribution is 2.32. The van der Waals surface area contributed by atoms with Crippen LogP contribution in [-0.4, -0.2) is 35.0 Å². The third-order valence-corrected chi connectivity index (χ3v) is 5.77. The molecule has 3 heterocycles. The first-order valence-corrected chi connectivity index (χ1v) is 8.31. The van der Waals surface area contributed by atoms with Crippen molar-refractivity contribution in [2.45, 2.75) is 19.3 Å². The zero-order valence-electron chi connectivity index (χ0n) is 10.9. The van der Waals surface area contributed by atoms with E-state index in [2.05, 4.69) is 0 Å². The maximum absolute atomic E-state index is 12.4. The van der Waals surface area contributed by atoms with Crippen molar-refractivity contribution in [3.8, 4) is 0 Å². The fourth-order valence-corrected chi connectivity index (χ4v) is 4.68.